The predicted octanol–water partition coefficient (Wildman–Crippen LogP) is 0.237. The molecule has 3 heteroatoms. The van der Waals surface area contributed by atoms with E-state index in [0.29, 0.717) is 12.1 Å². The Kier molecular flexibility index (Phi) is 3.71. The number of nitrogens with one attached hydrogen (secondary N) is 1. The fraction of sp³-hybridized carbons (Fsp3) is 0.500. The minimum absolute atomic E-state index is 0.379. The number of aliphatic carboxylic acids is 1. The maximum absolute atomic E-state index is 10.1. The lowest BCUT2D eigenvalue weighted by molar-refractivity contribution is -0.132. The second kappa shape index (κ2) is 4.09. The Bertz CT molecular complexity index is 129. The number of carbonyl (C=O) groups is 1. The average Bonchev–Trinajstić information content (AvgIpc) is 1.82. The fourth-order valence-corrected chi connectivity index (χ4v) is 0.342. The lowest BCUT2D eigenvalue weighted by Gasteiger charge is -1.91. The van der Waals surface area contributed by atoms with E-state index in [0.717, 1.165) is 0 Å². The number of rotatable bonds is 3. The van der Waals surface area contributed by atoms with Gasteiger partial charge in [-0.25, -0.2) is 4.79 Å². The number of carboxylic acid groups (broad SMARTS) is 1. The van der Waals surface area contributed by atoms with E-state index in [2.05, 4.69) is 5.32 Å². The van der Waals surface area contributed by atoms with Gasteiger partial charge in [0.1, 0.15) is 0 Å². The molecule has 0 unspecified atom stereocenters. The van der Waals surface area contributed by atoms with Crippen LogP contribution in [0.4, 0.5) is 0 Å². The topological polar surface area (TPSA) is 49.3 Å². The quantitative estimate of drug-likeness (QED) is 0.536. The molecule has 0 fully saturated rings. The van der Waals surface area contributed by atoms with Gasteiger partial charge in [-0.15, -0.1) is 0 Å². The van der Waals surface area contributed by atoms with Crippen molar-refractivity contribution in [2.24, 2.45) is 0 Å². The Morgan fingerprint density at radius 3 is 2.67 bits per heavy atom. The van der Waals surface area contributed by atoms with Crippen molar-refractivity contribution in [3.63, 3.8) is 0 Å². The molecule has 52 valence electrons. The van der Waals surface area contributed by atoms with Crippen molar-refractivity contribution in [3.05, 3.63) is 11.6 Å². The summed E-state index contributed by atoms with van der Waals surface area (Å²) in [7, 11) is 1.77. The first-order chi connectivity index (χ1) is 4.18. The van der Waals surface area contributed by atoms with Crippen molar-refractivity contribution < 1.29 is 9.90 Å². The highest BCUT2D eigenvalue weighted by molar-refractivity contribution is 5.85. The molecule has 0 amide bonds. The van der Waals surface area contributed by atoms with E-state index in [1.807, 2.05) is 0 Å². The third-order valence-electron chi connectivity index (χ3n) is 0.950. The summed E-state index contributed by atoms with van der Waals surface area (Å²) in [6, 6.07) is 0. The van der Waals surface area contributed by atoms with Crippen molar-refractivity contribution >= 4 is 5.97 Å². The van der Waals surface area contributed by atoms with Gasteiger partial charge in [0, 0.05) is 12.1 Å². The zero-order chi connectivity index (χ0) is 7.28. The fourth-order valence-electron chi connectivity index (χ4n) is 0.342. The van der Waals surface area contributed by atoms with E-state index in [-0.39, 0.29) is 0 Å². The Balaban J connectivity index is 3.69. The van der Waals surface area contributed by atoms with Gasteiger partial charge >= 0.3 is 5.97 Å². The first-order valence-electron chi connectivity index (χ1n) is 2.73. The summed E-state index contributed by atoms with van der Waals surface area (Å²) in [6.45, 7) is 2.18. The molecule has 0 bridgehead atoms. The zero-order valence-corrected chi connectivity index (χ0v) is 5.64. The molecule has 9 heavy (non-hydrogen) atoms. The maximum Gasteiger partial charge on any atom is 0.330 e. The van der Waals surface area contributed by atoms with E-state index in [1.165, 1.54) is 0 Å². The third kappa shape index (κ3) is 3.73. The van der Waals surface area contributed by atoms with Crippen LogP contribution in [0.5, 0.6) is 0 Å². The smallest absolute Gasteiger partial charge is 0.330 e. The third-order valence-corrected chi connectivity index (χ3v) is 0.950. The SMILES string of the molecule is CNC/C=C(\C)C(=O)O. The largest absolute Gasteiger partial charge is 0.478 e. The molecule has 0 aromatic heterocycles. The first kappa shape index (κ1) is 8.17. The minimum atomic E-state index is -0.856. The van der Waals surface area contributed by atoms with Crippen molar-refractivity contribution in [2.45, 2.75) is 6.92 Å². The molecule has 2 N–H and O–H groups in total. The standard InChI is InChI=1S/C6H11NO2/c1-5(6(8)9)3-4-7-2/h3,7H,4H2,1-2H3,(H,8,9)/b5-3+. The van der Waals surface area contributed by atoms with E-state index < -0.39 is 5.97 Å². The lowest BCUT2D eigenvalue weighted by atomic mass is 10.3. The van der Waals surface area contributed by atoms with Crippen LogP contribution in [-0.2, 0) is 4.79 Å². The van der Waals surface area contributed by atoms with Crippen molar-refractivity contribution in [1.29, 1.82) is 0 Å². The van der Waals surface area contributed by atoms with E-state index >= 15 is 0 Å². The van der Waals surface area contributed by atoms with Gasteiger partial charge in [-0.05, 0) is 14.0 Å². The van der Waals surface area contributed by atoms with Crippen LogP contribution in [0.2, 0.25) is 0 Å². The summed E-state index contributed by atoms with van der Waals surface area (Å²) in [5.41, 5.74) is 0.379. The molecule has 0 rings (SSSR count). The van der Waals surface area contributed by atoms with Gasteiger partial charge in [0.15, 0.2) is 0 Å². The summed E-state index contributed by atoms with van der Waals surface area (Å²) in [5.74, 6) is -0.856. The molecule has 0 spiro atoms. The van der Waals surface area contributed by atoms with Gasteiger partial charge in [0.25, 0.3) is 0 Å². The molecular formula is C6H11NO2. The lowest BCUT2D eigenvalue weighted by Crippen LogP contribution is -2.07. The zero-order valence-electron chi connectivity index (χ0n) is 5.64. The van der Waals surface area contributed by atoms with Gasteiger partial charge in [0.05, 0.1) is 0 Å². The molecule has 0 atom stereocenters. The van der Waals surface area contributed by atoms with Gasteiger partial charge in [-0.1, -0.05) is 6.08 Å². The number of carboxylic acids is 1. The average molecular weight is 129 g/mol. The Morgan fingerprint density at radius 1 is 1.78 bits per heavy atom. The molecule has 0 heterocycles. The highest BCUT2D eigenvalue weighted by atomic mass is 16.4. The van der Waals surface area contributed by atoms with Crippen molar-refractivity contribution in [1.82, 2.24) is 5.32 Å². The van der Waals surface area contributed by atoms with Crippen LogP contribution in [0.25, 0.3) is 0 Å². The molecule has 0 aliphatic carbocycles. The normalized spacial score (nSPS) is 11.6. The number of hydrogen-bond acceptors (Lipinski definition) is 2. The first-order valence-corrected chi connectivity index (χ1v) is 2.73. The molecule has 0 aromatic rings. The van der Waals surface area contributed by atoms with Crippen LogP contribution < -0.4 is 5.32 Å². The summed E-state index contributed by atoms with van der Waals surface area (Å²) in [6.07, 6.45) is 1.63. The highest BCUT2D eigenvalue weighted by Gasteiger charge is 1.95. The second-order valence-corrected chi connectivity index (χ2v) is 1.75. The van der Waals surface area contributed by atoms with E-state index in [9.17, 15) is 4.79 Å². The molecule has 0 saturated carbocycles. The van der Waals surface area contributed by atoms with Gasteiger partial charge in [-0.3, -0.25) is 0 Å². The monoisotopic (exact) mass is 129 g/mol. The van der Waals surface area contributed by atoms with Gasteiger partial charge in [0.2, 0.25) is 0 Å². The van der Waals surface area contributed by atoms with Crippen LogP contribution in [0.15, 0.2) is 11.6 Å². The predicted molar refractivity (Wildman–Crippen MR) is 35.3 cm³/mol. The van der Waals surface area contributed by atoms with E-state index in [1.54, 1.807) is 20.0 Å². The van der Waals surface area contributed by atoms with Gasteiger partial charge in [-0.2, -0.15) is 0 Å². The van der Waals surface area contributed by atoms with Crippen molar-refractivity contribution in [3.8, 4) is 0 Å². The van der Waals surface area contributed by atoms with Crippen LogP contribution in [0.3, 0.4) is 0 Å². The number of hydrogen-bond donors (Lipinski definition) is 2. The summed E-state index contributed by atoms with van der Waals surface area (Å²) < 4.78 is 0. The Labute approximate surface area is 54.4 Å². The van der Waals surface area contributed by atoms with Crippen LogP contribution in [0, 0.1) is 0 Å². The minimum Gasteiger partial charge on any atom is -0.478 e. The van der Waals surface area contributed by atoms with Crippen LogP contribution in [0.1, 0.15) is 6.92 Å². The summed E-state index contributed by atoms with van der Waals surface area (Å²) in [5, 5.41) is 11.1. The van der Waals surface area contributed by atoms with E-state index in [4.69, 9.17) is 5.11 Å². The molecule has 0 aliphatic rings. The number of likely N-dealkylation sites (N-methyl/N-ethyl adjacent to an activating group) is 1. The van der Waals surface area contributed by atoms with Crippen LogP contribution in [-0.4, -0.2) is 24.7 Å². The van der Waals surface area contributed by atoms with Gasteiger partial charge < -0.3 is 10.4 Å². The molecule has 3 nitrogen and oxygen atoms in total. The maximum atomic E-state index is 10.1. The summed E-state index contributed by atoms with van der Waals surface area (Å²) in [4.78, 5) is 10.1. The second-order valence-electron chi connectivity index (χ2n) is 1.75. The molecule has 0 aliphatic heterocycles. The van der Waals surface area contributed by atoms with Crippen molar-refractivity contribution in [2.75, 3.05) is 13.6 Å². The highest BCUT2D eigenvalue weighted by Crippen LogP contribution is 1.88. The molecular weight excluding hydrogens is 118 g/mol. The summed E-state index contributed by atoms with van der Waals surface area (Å²) >= 11 is 0. The molecule has 0 aromatic carbocycles. The molecule has 0 radical (unpaired) electrons. The van der Waals surface area contributed by atoms with Crippen LogP contribution >= 0.6 is 0 Å². The molecule has 0 saturated heterocycles. The Morgan fingerprint density at radius 2 is 2.33 bits per heavy atom. The Hall–Kier alpha value is -0.830.